The number of anilines is 1. The van der Waals surface area contributed by atoms with Crippen LogP contribution in [0.25, 0.3) is 0 Å². The summed E-state index contributed by atoms with van der Waals surface area (Å²) in [5.41, 5.74) is 2.31. The molecule has 2 aromatic rings. The lowest BCUT2D eigenvalue weighted by Gasteiger charge is -2.34. The van der Waals surface area contributed by atoms with E-state index >= 15 is 0 Å². The van der Waals surface area contributed by atoms with Gasteiger partial charge in [-0.15, -0.1) is 0 Å². The quantitative estimate of drug-likeness (QED) is 0.829. The smallest absolute Gasteiger partial charge is 0.321 e. The highest BCUT2D eigenvalue weighted by Gasteiger charge is 2.25. The number of carbonyl (C=O) groups is 2. The van der Waals surface area contributed by atoms with Gasteiger partial charge in [0.1, 0.15) is 0 Å². The predicted octanol–water partition coefficient (Wildman–Crippen LogP) is 4.29. The molecule has 0 aromatic heterocycles. The van der Waals surface area contributed by atoms with E-state index < -0.39 is 0 Å². The van der Waals surface area contributed by atoms with Gasteiger partial charge < -0.3 is 15.1 Å². The minimum atomic E-state index is -0.159. The molecule has 1 aliphatic heterocycles. The summed E-state index contributed by atoms with van der Waals surface area (Å²) < 4.78 is 0. The summed E-state index contributed by atoms with van der Waals surface area (Å²) in [4.78, 5) is 28.4. The Balaban J connectivity index is 1.58. The fraction of sp³-hybridized carbons (Fsp3) is 0.263. The Labute approximate surface area is 162 Å². The van der Waals surface area contributed by atoms with Gasteiger partial charge in [-0.1, -0.05) is 35.3 Å². The van der Waals surface area contributed by atoms with Crippen LogP contribution in [0, 0.1) is 6.92 Å². The van der Waals surface area contributed by atoms with Crippen molar-refractivity contribution in [3.05, 3.63) is 63.6 Å². The van der Waals surface area contributed by atoms with Crippen molar-refractivity contribution in [2.24, 2.45) is 0 Å². The van der Waals surface area contributed by atoms with E-state index in [2.05, 4.69) is 5.32 Å². The molecule has 3 rings (SSSR count). The summed E-state index contributed by atoms with van der Waals surface area (Å²) in [6, 6.07) is 12.3. The molecule has 7 heteroatoms. The lowest BCUT2D eigenvalue weighted by Crippen LogP contribution is -2.51. The van der Waals surface area contributed by atoms with Crippen LogP contribution in [0.15, 0.2) is 42.5 Å². The maximum absolute atomic E-state index is 12.6. The highest BCUT2D eigenvalue weighted by Crippen LogP contribution is 2.21. The summed E-state index contributed by atoms with van der Waals surface area (Å²) in [6.45, 7) is 3.84. The van der Waals surface area contributed by atoms with E-state index in [1.807, 2.05) is 31.2 Å². The van der Waals surface area contributed by atoms with E-state index in [4.69, 9.17) is 23.2 Å². The number of urea groups is 1. The van der Waals surface area contributed by atoms with Gasteiger partial charge in [0, 0.05) is 47.5 Å². The van der Waals surface area contributed by atoms with Crippen molar-refractivity contribution in [2.75, 3.05) is 31.5 Å². The topological polar surface area (TPSA) is 52.7 Å². The van der Waals surface area contributed by atoms with Crippen LogP contribution in [0.3, 0.4) is 0 Å². The van der Waals surface area contributed by atoms with Crippen molar-refractivity contribution in [3.63, 3.8) is 0 Å². The van der Waals surface area contributed by atoms with Crippen LogP contribution >= 0.6 is 23.2 Å². The fourth-order valence-corrected chi connectivity index (χ4v) is 3.42. The molecule has 1 aliphatic rings. The zero-order valence-electron chi connectivity index (χ0n) is 14.3. The molecule has 1 N–H and O–H groups in total. The van der Waals surface area contributed by atoms with Crippen LogP contribution in [0.2, 0.25) is 10.0 Å². The number of aryl methyl sites for hydroxylation is 1. The van der Waals surface area contributed by atoms with Crippen molar-refractivity contribution in [1.29, 1.82) is 0 Å². The SMILES string of the molecule is Cc1cccc(NC(=O)N2CCN(C(=O)c3cc(Cl)cc(Cl)c3)CC2)c1. The third-order valence-corrected chi connectivity index (χ3v) is 4.67. The number of carbonyl (C=O) groups excluding carboxylic acids is 2. The van der Waals surface area contributed by atoms with Crippen LogP contribution in [0.1, 0.15) is 15.9 Å². The molecule has 5 nitrogen and oxygen atoms in total. The fourth-order valence-electron chi connectivity index (χ4n) is 2.90. The number of benzene rings is 2. The first-order chi connectivity index (χ1) is 12.4. The van der Waals surface area contributed by atoms with Gasteiger partial charge in [0.2, 0.25) is 0 Å². The summed E-state index contributed by atoms with van der Waals surface area (Å²) in [6.07, 6.45) is 0. The Kier molecular flexibility index (Phi) is 5.69. The molecule has 1 saturated heterocycles. The highest BCUT2D eigenvalue weighted by molar-refractivity contribution is 6.35. The molecule has 1 heterocycles. The number of nitrogens with one attached hydrogen (secondary N) is 1. The zero-order chi connectivity index (χ0) is 18.7. The molecule has 0 radical (unpaired) electrons. The Hall–Kier alpha value is -2.24. The van der Waals surface area contributed by atoms with Gasteiger partial charge in [-0.25, -0.2) is 4.79 Å². The molecule has 0 saturated carbocycles. The van der Waals surface area contributed by atoms with Gasteiger partial charge in [-0.3, -0.25) is 4.79 Å². The molecule has 0 atom stereocenters. The number of hydrogen-bond donors (Lipinski definition) is 1. The second kappa shape index (κ2) is 7.98. The standard InChI is InChI=1S/C19H19Cl2N3O2/c1-13-3-2-4-17(9-13)22-19(26)24-7-5-23(6-8-24)18(25)14-10-15(20)12-16(21)11-14/h2-4,9-12H,5-8H2,1H3,(H,22,26). The number of hydrogen-bond acceptors (Lipinski definition) is 2. The van der Waals surface area contributed by atoms with Crippen molar-refractivity contribution in [1.82, 2.24) is 9.80 Å². The Morgan fingerprint density at radius 1 is 0.923 bits per heavy atom. The zero-order valence-corrected chi connectivity index (χ0v) is 15.8. The van der Waals surface area contributed by atoms with Crippen molar-refractivity contribution in [3.8, 4) is 0 Å². The molecule has 26 heavy (non-hydrogen) atoms. The molecule has 0 unspecified atom stereocenters. The van der Waals surface area contributed by atoms with Crippen LogP contribution in [-0.2, 0) is 0 Å². The normalized spacial score (nSPS) is 14.3. The highest BCUT2D eigenvalue weighted by atomic mass is 35.5. The molecular weight excluding hydrogens is 373 g/mol. The number of piperazine rings is 1. The van der Waals surface area contributed by atoms with Crippen molar-refractivity contribution in [2.45, 2.75) is 6.92 Å². The molecular formula is C19H19Cl2N3O2. The molecule has 2 aromatic carbocycles. The molecule has 0 aliphatic carbocycles. The first kappa shape index (κ1) is 18.5. The summed E-state index contributed by atoms with van der Waals surface area (Å²) in [5, 5.41) is 3.75. The maximum Gasteiger partial charge on any atom is 0.321 e. The van der Waals surface area contributed by atoms with E-state index in [1.54, 1.807) is 28.0 Å². The van der Waals surface area contributed by atoms with Gasteiger partial charge in [0.15, 0.2) is 0 Å². The molecule has 136 valence electrons. The first-order valence-electron chi connectivity index (χ1n) is 8.30. The molecule has 0 spiro atoms. The lowest BCUT2D eigenvalue weighted by atomic mass is 10.2. The molecule has 0 bridgehead atoms. The number of halogens is 2. The predicted molar refractivity (Wildman–Crippen MR) is 104 cm³/mol. The van der Waals surface area contributed by atoms with E-state index in [0.717, 1.165) is 11.3 Å². The minimum Gasteiger partial charge on any atom is -0.335 e. The molecule has 1 fully saturated rings. The Morgan fingerprint density at radius 2 is 1.54 bits per heavy atom. The first-order valence-corrected chi connectivity index (χ1v) is 9.06. The van der Waals surface area contributed by atoms with E-state index in [1.165, 1.54) is 0 Å². The van der Waals surface area contributed by atoms with Crippen LogP contribution in [0.5, 0.6) is 0 Å². The number of rotatable bonds is 2. The second-order valence-electron chi connectivity index (χ2n) is 6.24. The number of nitrogens with zero attached hydrogens (tertiary/aromatic N) is 2. The summed E-state index contributed by atoms with van der Waals surface area (Å²) >= 11 is 11.9. The Morgan fingerprint density at radius 3 is 2.15 bits per heavy atom. The summed E-state index contributed by atoms with van der Waals surface area (Å²) in [5.74, 6) is -0.131. The largest absolute Gasteiger partial charge is 0.335 e. The lowest BCUT2D eigenvalue weighted by molar-refractivity contribution is 0.0671. The van der Waals surface area contributed by atoms with Gasteiger partial charge in [-0.2, -0.15) is 0 Å². The van der Waals surface area contributed by atoms with E-state index in [-0.39, 0.29) is 11.9 Å². The average molecular weight is 392 g/mol. The second-order valence-corrected chi connectivity index (χ2v) is 7.11. The third kappa shape index (κ3) is 4.48. The third-order valence-electron chi connectivity index (χ3n) is 4.23. The Bertz CT molecular complexity index is 813. The van der Waals surface area contributed by atoms with Gasteiger partial charge in [-0.05, 0) is 42.8 Å². The van der Waals surface area contributed by atoms with Crippen LogP contribution in [0.4, 0.5) is 10.5 Å². The van der Waals surface area contributed by atoms with Crippen LogP contribution in [-0.4, -0.2) is 47.9 Å². The van der Waals surface area contributed by atoms with E-state index in [9.17, 15) is 9.59 Å². The monoisotopic (exact) mass is 391 g/mol. The average Bonchev–Trinajstić information content (AvgIpc) is 2.60. The molecule has 3 amide bonds. The van der Waals surface area contributed by atoms with Crippen molar-refractivity contribution >= 4 is 40.8 Å². The minimum absolute atomic E-state index is 0.131. The van der Waals surface area contributed by atoms with Gasteiger partial charge in [0.25, 0.3) is 5.91 Å². The van der Waals surface area contributed by atoms with Gasteiger partial charge in [0.05, 0.1) is 0 Å². The maximum atomic E-state index is 12.6. The van der Waals surface area contributed by atoms with Gasteiger partial charge >= 0.3 is 6.03 Å². The van der Waals surface area contributed by atoms with Crippen LogP contribution < -0.4 is 5.32 Å². The van der Waals surface area contributed by atoms with E-state index in [0.29, 0.717) is 41.8 Å². The van der Waals surface area contributed by atoms with Crippen molar-refractivity contribution < 1.29 is 9.59 Å². The number of amides is 3. The summed E-state index contributed by atoms with van der Waals surface area (Å²) in [7, 11) is 0.